The fraction of sp³-hybridized carbons (Fsp3) is 0.214. The van der Waals surface area contributed by atoms with Gasteiger partial charge in [-0.2, -0.15) is 0 Å². The Kier molecular flexibility index (Phi) is 4.29. The minimum absolute atomic E-state index is 0.227. The summed E-state index contributed by atoms with van der Waals surface area (Å²) in [4.78, 5) is 56.5. The van der Waals surface area contributed by atoms with Crippen LogP contribution in [0.1, 0.15) is 43.5 Å². The topological polar surface area (TPSA) is 80.8 Å². The van der Waals surface area contributed by atoms with Crippen LogP contribution < -0.4 is 4.90 Å². The Hall–Kier alpha value is -3.90. The minimum atomic E-state index is -2.05. The van der Waals surface area contributed by atoms with Gasteiger partial charge in [0.2, 0.25) is 29.0 Å². The highest BCUT2D eigenvalue weighted by Crippen LogP contribution is 2.57. The molecule has 0 saturated carbocycles. The van der Waals surface area contributed by atoms with Gasteiger partial charge in [-0.1, -0.05) is 66.7 Å². The normalized spacial score (nSPS) is 24.8. The number of amides is 2. The predicted molar refractivity (Wildman–Crippen MR) is 123 cm³/mol. The molecule has 1 spiro atoms. The summed E-state index contributed by atoms with van der Waals surface area (Å²) in [7, 11) is 0. The molecule has 34 heavy (non-hydrogen) atoms. The molecule has 2 heterocycles. The van der Waals surface area contributed by atoms with Crippen LogP contribution in [0.4, 0.5) is 5.69 Å². The van der Waals surface area contributed by atoms with Gasteiger partial charge in [0.25, 0.3) is 0 Å². The Labute approximate surface area is 196 Å². The molecule has 3 aromatic rings. The van der Waals surface area contributed by atoms with Crippen molar-refractivity contribution in [3.8, 4) is 0 Å². The molecule has 3 aromatic carbocycles. The molecule has 0 radical (unpaired) electrons. The number of rotatable bonds is 2. The SMILES string of the molecule is Cc1cccc(N2C(=O)[C@@H]3[C@@H](c4ccccc4)OC4(C(=O)c5ccccc5C4=O)[C@@H]3C2=O)c1C. The lowest BCUT2D eigenvalue weighted by Gasteiger charge is -2.28. The van der Waals surface area contributed by atoms with Gasteiger partial charge >= 0.3 is 0 Å². The summed E-state index contributed by atoms with van der Waals surface area (Å²) >= 11 is 0. The van der Waals surface area contributed by atoms with Crippen molar-refractivity contribution < 1.29 is 23.9 Å². The van der Waals surface area contributed by atoms with Crippen LogP contribution in [0.25, 0.3) is 0 Å². The number of benzene rings is 3. The van der Waals surface area contributed by atoms with E-state index in [4.69, 9.17) is 4.74 Å². The number of Topliss-reactive ketones (excluding diaryl/α,β-unsaturated/α-hetero) is 2. The Balaban J connectivity index is 1.57. The Morgan fingerprint density at radius 3 is 2.00 bits per heavy atom. The van der Waals surface area contributed by atoms with Gasteiger partial charge in [-0.15, -0.1) is 0 Å². The van der Waals surface area contributed by atoms with E-state index in [1.807, 2.05) is 26.0 Å². The standard InChI is InChI=1S/C28H21NO5/c1-15-9-8-14-20(16(15)2)29-26(32)21-22(27(29)33)28(34-23(21)17-10-4-3-5-11-17)24(30)18-12-6-7-13-19(18)25(28)31/h3-14,21-23H,1-2H3/t21-,22-,23+/m0/s1. The second-order valence-electron chi connectivity index (χ2n) is 9.12. The van der Waals surface area contributed by atoms with Gasteiger partial charge in [0.1, 0.15) is 0 Å². The first-order valence-corrected chi connectivity index (χ1v) is 11.2. The van der Waals surface area contributed by atoms with E-state index in [0.29, 0.717) is 11.3 Å². The van der Waals surface area contributed by atoms with E-state index in [9.17, 15) is 19.2 Å². The summed E-state index contributed by atoms with van der Waals surface area (Å²) < 4.78 is 6.28. The van der Waals surface area contributed by atoms with Gasteiger partial charge < -0.3 is 4.74 Å². The molecule has 3 atom stereocenters. The van der Waals surface area contributed by atoms with E-state index >= 15 is 0 Å². The first kappa shape index (κ1) is 20.7. The largest absolute Gasteiger partial charge is 0.349 e. The van der Waals surface area contributed by atoms with Crippen molar-refractivity contribution in [3.05, 3.63) is 101 Å². The number of hydrogen-bond donors (Lipinski definition) is 0. The number of imide groups is 1. The Morgan fingerprint density at radius 2 is 1.35 bits per heavy atom. The van der Waals surface area contributed by atoms with E-state index in [1.54, 1.807) is 60.7 Å². The van der Waals surface area contributed by atoms with Crippen molar-refractivity contribution in [1.82, 2.24) is 0 Å². The van der Waals surface area contributed by atoms with Crippen LogP contribution in [0.2, 0.25) is 0 Å². The van der Waals surface area contributed by atoms with Gasteiger partial charge in [-0.25, -0.2) is 4.90 Å². The molecular formula is C28H21NO5. The van der Waals surface area contributed by atoms with E-state index in [1.165, 1.54) is 0 Å². The first-order chi connectivity index (χ1) is 16.4. The molecule has 0 aromatic heterocycles. The average Bonchev–Trinajstić information content (AvgIpc) is 3.42. The molecule has 3 aliphatic rings. The van der Waals surface area contributed by atoms with Crippen LogP contribution in [-0.2, 0) is 14.3 Å². The minimum Gasteiger partial charge on any atom is -0.349 e. The summed E-state index contributed by atoms with van der Waals surface area (Å²) in [5, 5.41) is 0. The van der Waals surface area contributed by atoms with Crippen LogP contribution in [0.3, 0.4) is 0 Å². The lowest BCUT2D eigenvalue weighted by molar-refractivity contribution is -0.127. The van der Waals surface area contributed by atoms with Crippen molar-refractivity contribution in [2.24, 2.45) is 11.8 Å². The highest BCUT2D eigenvalue weighted by molar-refractivity contribution is 6.37. The molecule has 6 heteroatoms. The summed E-state index contributed by atoms with van der Waals surface area (Å²) in [6.45, 7) is 3.75. The first-order valence-electron chi connectivity index (χ1n) is 11.2. The number of aryl methyl sites for hydroxylation is 1. The van der Waals surface area contributed by atoms with Crippen molar-refractivity contribution in [1.29, 1.82) is 0 Å². The quantitative estimate of drug-likeness (QED) is 0.435. The molecule has 1 aliphatic carbocycles. The van der Waals surface area contributed by atoms with E-state index < -0.39 is 46.9 Å². The molecule has 168 valence electrons. The number of carbonyl (C=O) groups excluding carboxylic acids is 4. The third kappa shape index (κ3) is 2.43. The molecule has 0 bridgehead atoms. The molecule has 2 amide bonds. The fourth-order valence-corrected chi connectivity index (χ4v) is 5.68. The number of carbonyl (C=O) groups is 4. The van der Waals surface area contributed by atoms with E-state index in [0.717, 1.165) is 16.0 Å². The van der Waals surface area contributed by atoms with Crippen LogP contribution >= 0.6 is 0 Å². The highest BCUT2D eigenvalue weighted by atomic mass is 16.5. The van der Waals surface area contributed by atoms with Crippen molar-refractivity contribution in [3.63, 3.8) is 0 Å². The maximum Gasteiger partial charge on any atom is 0.241 e. The maximum absolute atomic E-state index is 14.0. The van der Waals surface area contributed by atoms with Gasteiger partial charge in [0.05, 0.1) is 23.6 Å². The number of ether oxygens (including phenoxy) is 1. The van der Waals surface area contributed by atoms with Crippen molar-refractivity contribution in [2.45, 2.75) is 25.6 Å². The Bertz CT molecular complexity index is 1370. The summed E-state index contributed by atoms with van der Waals surface area (Å²) in [6.07, 6.45) is -0.903. The lowest BCUT2D eigenvalue weighted by atomic mass is 9.77. The molecule has 2 fully saturated rings. The number of hydrogen-bond acceptors (Lipinski definition) is 5. The van der Waals surface area contributed by atoms with Gasteiger partial charge in [-0.05, 0) is 36.6 Å². The second kappa shape index (κ2) is 7.05. The van der Waals surface area contributed by atoms with E-state index in [-0.39, 0.29) is 11.1 Å². The number of anilines is 1. The molecular weight excluding hydrogens is 430 g/mol. The zero-order chi connectivity index (χ0) is 23.8. The van der Waals surface area contributed by atoms with Crippen LogP contribution in [0, 0.1) is 25.7 Å². The zero-order valence-corrected chi connectivity index (χ0v) is 18.6. The van der Waals surface area contributed by atoms with Gasteiger partial charge in [-0.3, -0.25) is 19.2 Å². The van der Waals surface area contributed by atoms with Crippen LogP contribution in [-0.4, -0.2) is 29.0 Å². The third-order valence-electron chi connectivity index (χ3n) is 7.46. The van der Waals surface area contributed by atoms with Gasteiger partial charge in [0, 0.05) is 11.1 Å². The van der Waals surface area contributed by atoms with Crippen molar-refractivity contribution >= 4 is 29.1 Å². The maximum atomic E-state index is 14.0. The smallest absolute Gasteiger partial charge is 0.241 e. The average molecular weight is 451 g/mol. The zero-order valence-electron chi connectivity index (χ0n) is 18.6. The van der Waals surface area contributed by atoms with E-state index in [2.05, 4.69) is 0 Å². The van der Waals surface area contributed by atoms with Crippen LogP contribution in [0.15, 0.2) is 72.8 Å². The predicted octanol–water partition coefficient (Wildman–Crippen LogP) is 4.00. The molecule has 6 nitrogen and oxygen atoms in total. The number of ketones is 2. The lowest BCUT2D eigenvalue weighted by Crippen LogP contribution is -2.51. The number of nitrogens with zero attached hydrogens (tertiary/aromatic N) is 1. The molecule has 2 aliphatic heterocycles. The second-order valence-corrected chi connectivity index (χ2v) is 9.12. The Morgan fingerprint density at radius 1 is 0.735 bits per heavy atom. The summed E-state index contributed by atoms with van der Waals surface area (Å²) in [5.41, 5.74) is 1.25. The summed E-state index contributed by atoms with van der Waals surface area (Å²) in [6, 6.07) is 20.9. The highest BCUT2D eigenvalue weighted by Gasteiger charge is 2.74. The molecule has 2 saturated heterocycles. The van der Waals surface area contributed by atoms with Crippen LogP contribution in [0.5, 0.6) is 0 Å². The van der Waals surface area contributed by atoms with Gasteiger partial charge in [0.15, 0.2) is 0 Å². The monoisotopic (exact) mass is 451 g/mol. The summed E-state index contributed by atoms with van der Waals surface area (Å²) in [5.74, 6) is -4.35. The van der Waals surface area contributed by atoms with Crippen molar-refractivity contribution in [2.75, 3.05) is 4.90 Å². The molecule has 0 unspecified atom stereocenters. The fourth-order valence-electron chi connectivity index (χ4n) is 5.68. The molecule has 0 N–H and O–H groups in total. The third-order valence-corrected chi connectivity index (χ3v) is 7.46. The molecule has 6 rings (SSSR count). The number of fused-ring (bicyclic) bond motifs is 3.